The zero-order chi connectivity index (χ0) is 16.2. The second-order valence-corrected chi connectivity index (χ2v) is 9.02. The van der Waals surface area contributed by atoms with Gasteiger partial charge < -0.3 is 24.6 Å². The van der Waals surface area contributed by atoms with Gasteiger partial charge in [0.1, 0.15) is 0 Å². The molecule has 2 N–H and O–H groups in total. The SMILES string of the molecule is O=C(NC12CC(CO)(C1)OC21CCOCC1)[C@@H]1C[C@@H]2O[C@H]1[C@H]1C[C@H]12. The van der Waals surface area contributed by atoms with Crippen LogP contribution in [0.5, 0.6) is 0 Å². The van der Waals surface area contributed by atoms with Gasteiger partial charge >= 0.3 is 0 Å². The zero-order valence-electron chi connectivity index (χ0n) is 13.8. The highest BCUT2D eigenvalue weighted by atomic mass is 16.6. The van der Waals surface area contributed by atoms with Crippen LogP contribution in [0.4, 0.5) is 0 Å². The molecular formula is C18H25NO5. The van der Waals surface area contributed by atoms with Gasteiger partial charge in [-0.3, -0.25) is 4.79 Å². The van der Waals surface area contributed by atoms with Crippen LogP contribution in [0.25, 0.3) is 0 Å². The predicted octanol–water partition coefficient (Wildman–Crippen LogP) is 0.369. The van der Waals surface area contributed by atoms with Gasteiger partial charge in [-0.15, -0.1) is 0 Å². The largest absolute Gasteiger partial charge is 0.393 e. The summed E-state index contributed by atoms with van der Waals surface area (Å²) < 4.78 is 17.9. The van der Waals surface area contributed by atoms with Crippen molar-refractivity contribution in [3.63, 3.8) is 0 Å². The number of nitrogens with one attached hydrogen (secondary N) is 1. The minimum atomic E-state index is -0.447. The Morgan fingerprint density at radius 3 is 2.62 bits per heavy atom. The molecular weight excluding hydrogens is 310 g/mol. The molecule has 0 aromatic rings. The number of carbonyl (C=O) groups excluding carboxylic acids is 1. The molecule has 132 valence electrons. The van der Waals surface area contributed by atoms with E-state index in [9.17, 15) is 9.90 Å². The van der Waals surface area contributed by atoms with Crippen molar-refractivity contribution in [2.75, 3.05) is 19.8 Å². The molecule has 2 saturated carbocycles. The van der Waals surface area contributed by atoms with E-state index >= 15 is 0 Å². The Morgan fingerprint density at radius 2 is 1.96 bits per heavy atom. The summed E-state index contributed by atoms with van der Waals surface area (Å²) in [7, 11) is 0. The van der Waals surface area contributed by atoms with E-state index in [0.717, 1.165) is 38.0 Å². The normalized spacial score (nSPS) is 55.3. The molecule has 0 aromatic carbocycles. The Hall–Kier alpha value is -0.690. The van der Waals surface area contributed by atoms with E-state index in [0.29, 0.717) is 25.2 Å². The quantitative estimate of drug-likeness (QED) is 0.779. The van der Waals surface area contributed by atoms with E-state index in [2.05, 4.69) is 5.32 Å². The fraction of sp³-hybridized carbons (Fsp3) is 0.944. The molecule has 6 nitrogen and oxygen atoms in total. The van der Waals surface area contributed by atoms with Crippen molar-refractivity contribution < 1.29 is 24.1 Å². The molecule has 24 heavy (non-hydrogen) atoms. The average Bonchev–Trinajstić information content (AvgIpc) is 2.95. The second kappa shape index (κ2) is 4.34. The molecule has 5 saturated heterocycles. The fourth-order valence-electron chi connectivity index (χ4n) is 6.62. The van der Waals surface area contributed by atoms with E-state index in [-0.39, 0.29) is 35.7 Å². The molecule has 5 atom stereocenters. The first-order valence-electron chi connectivity index (χ1n) is 9.46. The lowest BCUT2D eigenvalue weighted by Gasteiger charge is -2.49. The van der Waals surface area contributed by atoms with Crippen molar-refractivity contribution in [2.45, 2.75) is 67.5 Å². The number of rotatable bonds is 3. The van der Waals surface area contributed by atoms with E-state index < -0.39 is 5.60 Å². The maximum absolute atomic E-state index is 13.1. The number of carbonyl (C=O) groups is 1. The second-order valence-electron chi connectivity index (χ2n) is 9.02. The molecule has 1 spiro atoms. The number of hydrogen-bond donors (Lipinski definition) is 2. The summed E-state index contributed by atoms with van der Waals surface area (Å²) in [6, 6.07) is 0. The summed E-state index contributed by atoms with van der Waals surface area (Å²) in [5, 5.41) is 13.2. The highest BCUT2D eigenvalue weighted by Crippen LogP contribution is 2.64. The molecule has 0 aromatic heterocycles. The number of hydrogen-bond acceptors (Lipinski definition) is 5. The first-order chi connectivity index (χ1) is 11.6. The van der Waals surface area contributed by atoms with Gasteiger partial charge in [-0.2, -0.15) is 0 Å². The first kappa shape index (κ1) is 14.5. The molecule has 5 aliphatic heterocycles. The Kier molecular flexibility index (Phi) is 2.62. The fourth-order valence-corrected chi connectivity index (χ4v) is 6.62. The van der Waals surface area contributed by atoms with Crippen LogP contribution in [0.15, 0.2) is 0 Å². The smallest absolute Gasteiger partial charge is 0.226 e. The van der Waals surface area contributed by atoms with Crippen molar-refractivity contribution in [3.8, 4) is 0 Å². The van der Waals surface area contributed by atoms with Crippen molar-refractivity contribution >= 4 is 5.91 Å². The summed E-state index contributed by atoms with van der Waals surface area (Å²) in [6.45, 7) is 1.37. The van der Waals surface area contributed by atoms with Crippen molar-refractivity contribution in [2.24, 2.45) is 17.8 Å². The molecule has 5 heterocycles. The average molecular weight is 335 g/mol. The molecule has 2 aliphatic carbocycles. The lowest BCUT2D eigenvalue weighted by atomic mass is 9.60. The Bertz CT molecular complexity index is 594. The van der Waals surface area contributed by atoms with Crippen LogP contribution in [0.2, 0.25) is 0 Å². The molecule has 0 radical (unpaired) electrons. The Morgan fingerprint density at radius 1 is 1.17 bits per heavy atom. The third kappa shape index (κ3) is 1.59. The van der Waals surface area contributed by atoms with E-state index in [1.165, 1.54) is 6.42 Å². The molecule has 1 amide bonds. The number of amides is 1. The highest BCUT2D eigenvalue weighted by molar-refractivity contribution is 5.81. The summed E-state index contributed by atoms with van der Waals surface area (Å²) in [6.07, 6.45) is 5.67. The van der Waals surface area contributed by atoms with E-state index in [1.54, 1.807) is 0 Å². The van der Waals surface area contributed by atoms with Crippen LogP contribution in [-0.4, -0.2) is 59.8 Å². The number of aliphatic hydroxyl groups is 1. The Balaban J connectivity index is 1.25. The molecule has 6 heteroatoms. The van der Waals surface area contributed by atoms with Crippen LogP contribution in [-0.2, 0) is 19.0 Å². The van der Waals surface area contributed by atoms with E-state index in [1.807, 2.05) is 0 Å². The van der Waals surface area contributed by atoms with Crippen LogP contribution >= 0.6 is 0 Å². The predicted molar refractivity (Wildman–Crippen MR) is 82.2 cm³/mol. The maximum Gasteiger partial charge on any atom is 0.226 e. The maximum atomic E-state index is 13.1. The minimum Gasteiger partial charge on any atom is -0.393 e. The van der Waals surface area contributed by atoms with Crippen LogP contribution in [0.1, 0.15) is 38.5 Å². The Labute approximate surface area is 141 Å². The zero-order valence-corrected chi connectivity index (χ0v) is 13.8. The topological polar surface area (TPSA) is 77.0 Å². The molecule has 0 unspecified atom stereocenters. The van der Waals surface area contributed by atoms with Gasteiger partial charge in [0, 0.05) is 38.9 Å². The molecule has 7 rings (SSSR count). The monoisotopic (exact) mass is 335 g/mol. The minimum absolute atomic E-state index is 0.00902. The lowest BCUT2D eigenvalue weighted by Crippen LogP contribution is -2.68. The summed E-state index contributed by atoms with van der Waals surface area (Å²) in [5.74, 6) is 1.52. The van der Waals surface area contributed by atoms with Crippen LogP contribution in [0.3, 0.4) is 0 Å². The van der Waals surface area contributed by atoms with Crippen molar-refractivity contribution in [3.05, 3.63) is 0 Å². The van der Waals surface area contributed by atoms with Gasteiger partial charge in [-0.1, -0.05) is 0 Å². The summed E-state index contributed by atoms with van der Waals surface area (Å²) >= 11 is 0. The van der Waals surface area contributed by atoms with E-state index in [4.69, 9.17) is 14.2 Å². The number of ether oxygens (including phenoxy) is 3. The van der Waals surface area contributed by atoms with Crippen molar-refractivity contribution in [1.82, 2.24) is 5.32 Å². The van der Waals surface area contributed by atoms with Gasteiger partial charge in [0.25, 0.3) is 0 Å². The van der Waals surface area contributed by atoms with Gasteiger partial charge in [0.2, 0.25) is 5.91 Å². The van der Waals surface area contributed by atoms with Gasteiger partial charge in [-0.05, 0) is 24.7 Å². The molecule has 4 bridgehead atoms. The number of fused-ring (bicyclic) bond motifs is 5. The first-order valence-corrected chi connectivity index (χ1v) is 9.46. The third-order valence-corrected chi connectivity index (χ3v) is 7.83. The van der Waals surface area contributed by atoms with Gasteiger partial charge in [0.05, 0.1) is 41.5 Å². The van der Waals surface area contributed by atoms with Crippen LogP contribution < -0.4 is 5.32 Å². The lowest BCUT2D eigenvalue weighted by molar-refractivity contribution is -0.136. The highest BCUT2D eigenvalue weighted by Gasteiger charge is 2.75. The molecule has 7 aliphatic rings. The van der Waals surface area contributed by atoms with Crippen molar-refractivity contribution in [1.29, 1.82) is 0 Å². The van der Waals surface area contributed by atoms with Crippen LogP contribution in [0, 0.1) is 17.8 Å². The summed E-state index contributed by atoms with van der Waals surface area (Å²) in [5.41, 5.74) is -1.12. The standard InChI is InChI=1S/C18H25NO5/c20-9-16-7-17(8-16,18(24-16)1-3-22-4-2-18)19-15(21)12-6-13-10-5-11(10)14(12)23-13/h10-14,20H,1-9H2,(H,19,21)/t10-,11+,12-,13+,14+,16?,17?/m1/s1. The molecule has 7 fully saturated rings. The summed E-state index contributed by atoms with van der Waals surface area (Å²) in [4.78, 5) is 13.1. The van der Waals surface area contributed by atoms with Gasteiger partial charge in [-0.25, -0.2) is 0 Å². The van der Waals surface area contributed by atoms with Gasteiger partial charge in [0.15, 0.2) is 0 Å². The third-order valence-electron chi connectivity index (χ3n) is 7.83. The number of aliphatic hydroxyl groups excluding tert-OH is 1.